The second-order valence-electron chi connectivity index (χ2n) is 7.76. The van der Waals surface area contributed by atoms with Crippen LogP contribution in [0.2, 0.25) is 0 Å². The fourth-order valence-corrected chi connectivity index (χ4v) is 3.11. The summed E-state index contributed by atoms with van der Waals surface area (Å²) in [6.45, 7) is 0.678. The molecule has 212 valence electrons. The van der Waals surface area contributed by atoms with Gasteiger partial charge in [-0.05, 0) is 12.1 Å². The molecule has 17 heteroatoms. The summed E-state index contributed by atoms with van der Waals surface area (Å²) in [6, 6.07) is 7.41. The number of nitrogens with two attached hydrogens (primary N) is 1. The van der Waals surface area contributed by atoms with E-state index in [4.69, 9.17) is 15.7 Å². The number of hydrogen-bond acceptors (Lipinski definition) is 12. The first kappa shape index (κ1) is 29.8. The smallest absolute Gasteiger partial charge is 0.428 e. The largest absolute Gasteiger partial charge is 0.462 e. The number of halogens is 5. The molecule has 2 aromatic heterocycles. The van der Waals surface area contributed by atoms with Gasteiger partial charge < -0.3 is 25.0 Å². The van der Waals surface area contributed by atoms with Crippen molar-refractivity contribution in [1.82, 2.24) is 20.4 Å². The van der Waals surface area contributed by atoms with Crippen LogP contribution in [0.25, 0.3) is 5.70 Å². The molecule has 0 radical (unpaired) electrons. The summed E-state index contributed by atoms with van der Waals surface area (Å²) < 4.78 is 79.1. The van der Waals surface area contributed by atoms with Gasteiger partial charge in [0.2, 0.25) is 0 Å². The maximum Gasteiger partial charge on any atom is 0.428 e. The number of hydrogen-bond donors (Lipinski definition) is 5. The molecule has 0 bridgehead atoms. The number of aromatic nitrogens is 3. The molecular weight excluding hydrogens is 545 g/mol. The van der Waals surface area contributed by atoms with Crippen molar-refractivity contribution in [2.75, 3.05) is 18.6 Å². The van der Waals surface area contributed by atoms with Crippen LogP contribution in [0, 0.1) is 17.0 Å². The predicted molar refractivity (Wildman–Crippen MR) is 133 cm³/mol. The molecule has 0 saturated heterocycles. The zero-order chi connectivity index (χ0) is 29.3. The maximum absolute atomic E-state index is 14.4. The van der Waals surface area contributed by atoms with Gasteiger partial charge in [0, 0.05) is 24.9 Å². The van der Waals surface area contributed by atoms with Gasteiger partial charge in [0.05, 0.1) is 18.4 Å². The molecule has 3 rings (SSSR count). The summed E-state index contributed by atoms with van der Waals surface area (Å²) in [7, 11) is 0. The molecule has 0 fully saturated rings. The van der Waals surface area contributed by atoms with Gasteiger partial charge in [0.15, 0.2) is 17.5 Å². The molecule has 6 N–H and O–H groups in total. The molecule has 0 aliphatic carbocycles. The van der Waals surface area contributed by atoms with E-state index < -0.39 is 59.9 Å². The van der Waals surface area contributed by atoms with Crippen molar-refractivity contribution >= 4 is 29.8 Å². The van der Waals surface area contributed by atoms with Crippen molar-refractivity contribution < 1.29 is 36.3 Å². The standard InChI is InChI=1S/C23H22F5N9O3/c1-31-36-21(39-12-29)22(38,23(26,27)28)11-34-19-15(25)10-33-20(35-19)16(30)8-18(17-6-7-40-37-17)32-9-13-4-2-3-5-14(13)24/h2-8,10,30,32,38H,1,9,11-12,29H2,(H,33,34,35)/b18-8-,30-16?,36-21-. The highest BCUT2D eigenvalue weighted by molar-refractivity contribution is 6.07. The monoisotopic (exact) mass is 567 g/mol. The van der Waals surface area contributed by atoms with Gasteiger partial charge in [-0.1, -0.05) is 23.4 Å². The van der Waals surface area contributed by atoms with Crippen LogP contribution in [0.5, 0.6) is 0 Å². The van der Waals surface area contributed by atoms with Crippen molar-refractivity contribution in [2.24, 2.45) is 15.9 Å². The van der Waals surface area contributed by atoms with Crippen LogP contribution >= 0.6 is 0 Å². The van der Waals surface area contributed by atoms with Crippen molar-refractivity contribution in [2.45, 2.75) is 18.3 Å². The molecule has 2 heterocycles. The topological polar surface area (TPSA) is 180 Å². The van der Waals surface area contributed by atoms with Gasteiger partial charge in [0.25, 0.3) is 11.5 Å². The van der Waals surface area contributed by atoms with Crippen LogP contribution in [0.3, 0.4) is 0 Å². The minimum absolute atomic E-state index is 0.0138. The molecular formula is C23H22F5N9O3. The molecule has 12 nitrogen and oxygen atoms in total. The van der Waals surface area contributed by atoms with Crippen LogP contribution in [0.15, 0.2) is 63.6 Å². The van der Waals surface area contributed by atoms with Gasteiger partial charge in [-0.25, -0.2) is 18.7 Å². The zero-order valence-electron chi connectivity index (χ0n) is 20.4. The number of nitrogens with zero attached hydrogens (tertiary/aromatic N) is 5. The van der Waals surface area contributed by atoms with Gasteiger partial charge >= 0.3 is 6.18 Å². The molecule has 1 atom stereocenters. The average molecular weight is 567 g/mol. The van der Waals surface area contributed by atoms with Crippen LogP contribution < -0.4 is 16.4 Å². The van der Waals surface area contributed by atoms with Crippen molar-refractivity contribution in [3.63, 3.8) is 0 Å². The minimum Gasteiger partial charge on any atom is -0.462 e. The van der Waals surface area contributed by atoms with Crippen LogP contribution in [-0.4, -0.2) is 63.6 Å². The van der Waals surface area contributed by atoms with Crippen LogP contribution in [0.4, 0.5) is 27.8 Å². The molecule has 0 spiro atoms. The third-order valence-corrected chi connectivity index (χ3v) is 5.13. The van der Waals surface area contributed by atoms with E-state index in [0.29, 0.717) is 11.8 Å². The Morgan fingerprint density at radius 2 is 1.98 bits per heavy atom. The minimum atomic E-state index is -5.38. The van der Waals surface area contributed by atoms with Crippen LogP contribution in [-0.2, 0) is 11.3 Å². The molecule has 3 aromatic rings. The molecule has 40 heavy (non-hydrogen) atoms. The fourth-order valence-electron chi connectivity index (χ4n) is 3.11. The highest BCUT2D eigenvalue weighted by atomic mass is 19.4. The van der Waals surface area contributed by atoms with E-state index in [0.717, 1.165) is 0 Å². The van der Waals surface area contributed by atoms with Crippen molar-refractivity contribution in [1.29, 1.82) is 5.41 Å². The second-order valence-corrected chi connectivity index (χ2v) is 7.76. The second kappa shape index (κ2) is 12.9. The summed E-state index contributed by atoms with van der Waals surface area (Å²) >= 11 is 0. The number of ether oxygens (including phenoxy) is 1. The molecule has 0 aliphatic heterocycles. The zero-order valence-corrected chi connectivity index (χ0v) is 20.4. The number of allylic oxidation sites excluding steroid dienone is 1. The SMILES string of the molecule is C=N/N=C(\OCN)C(O)(CNc1nc(C(=N)/C=C(\NCc2ccccc2F)c2ccon2)ncc1F)C(F)(F)F. The summed E-state index contributed by atoms with van der Waals surface area (Å²) in [5.41, 5.74) is 1.57. The van der Waals surface area contributed by atoms with E-state index in [9.17, 15) is 27.1 Å². The van der Waals surface area contributed by atoms with E-state index >= 15 is 0 Å². The van der Waals surface area contributed by atoms with E-state index in [1.807, 2.05) is 5.32 Å². The third-order valence-electron chi connectivity index (χ3n) is 5.13. The Morgan fingerprint density at radius 1 is 1.23 bits per heavy atom. The Hall–Kier alpha value is -4.77. The van der Waals surface area contributed by atoms with Crippen molar-refractivity contribution in [3.8, 4) is 0 Å². The van der Waals surface area contributed by atoms with E-state index in [1.54, 1.807) is 6.07 Å². The lowest BCUT2D eigenvalue weighted by Crippen LogP contribution is -2.58. The number of rotatable bonds is 12. The lowest BCUT2D eigenvalue weighted by atomic mass is 10.0. The van der Waals surface area contributed by atoms with E-state index in [2.05, 4.69) is 42.1 Å². The number of aliphatic hydroxyl groups is 1. The number of benzene rings is 1. The highest BCUT2D eigenvalue weighted by Crippen LogP contribution is 2.33. The predicted octanol–water partition coefficient (Wildman–Crippen LogP) is 2.59. The normalized spacial score (nSPS) is 13.9. The summed E-state index contributed by atoms with van der Waals surface area (Å²) in [4.78, 5) is 7.45. The first-order valence-corrected chi connectivity index (χ1v) is 11.1. The number of alkyl halides is 3. The Bertz CT molecular complexity index is 1400. The first-order chi connectivity index (χ1) is 19.0. The molecule has 0 aliphatic rings. The summed E-state index contributed by atoms with van der Waals surface area (Å²) in [5.74, 6) is -4.22. The lowest BCUT2D eigenvalue weighted by Gasteiger charge is -2.30. The van der Waals surface area contributed by atoms with Gasteiger partial charge in [-0.3, -0.25) is 11.1 Å². The van der Waals surface area contributed by atoms with Crippen LogP contribution in [0.1, 0.15) is 17.1 Å². The Labute approximate surface area is 223 Å². The Morgan fingerprint density at radius 3 is 2.60 bits per heavy atom. The Balaban J connectivity index is 1.88. The summed E-state index contributed by atoms with van der Waals surface area (Å²) in [5, 5.41) is 33.4. The van der Waals surface area contributed by atoms with Gasteiger partial charge in [-0.2, -0.15) is 18.3 Å². The van der Waals surface area contributed by atoms with Gasteiger partial charge in [0.1, 0.15) is 30.2 Å². The molecule has 0 saturated carbocycles. The van der Waals surface area contributed by atoms with Gasteiger partial charge in [-0.15, -0.1) is 5.10 Å². The Kier molecular flexibility index (Phi) is 9.57. The number of anilines is 1. The summed E-state index contributed by atoms with van der Waals surface area (Å²) in [6.07, 6.45) is -2.34. The molecule has 1 aromatic carbocycles. The van der Waals surface area contributed by atoms with E-state index in [-0.39, 0.29) is 17.9 Å². The average Bonchev–Trinajstić information content (AvgIpc) is 3.45. The lowest BCUT2D eigenvalue weighted by molar-refractivity contribution is -0.230. The maximum atomic E-state index is 14.4. The van der Waals surface area contributed by atoms with E-state index in [1.165, 1.54) is 36.6 Å². The molecule has 1 unspecified atom stereocenters. The quantitative estimate of drug-likeness (QED) is 0.0723. The molecule has 0 amide bonds. The first-order valence-electron chi connectivity index (χ1n) is 11.1. The fraction of sp³-hybridized carbons (Fsp3) is 0.217. The number of nitrogens with one attached hydrogen (secondary N) is 3. The highest BCUT2D eigenvalue weighted by Gasteiger charge is 2.59. The van der Waals surface area contributed by atoms with Crippen molar-refractivity contribution in [3.05, 3.63) is 77.6 Å². The third kappa shape index (κ3) is 7.00.